The van der Waals surface area contributed by atoms with Crippen LogP contribution in [0.15, 0.2) is 28.7 Å². The van der Waals surface area contributed by atoms with Crippen molar-refractivity contribution in [3.8, 4) is 5.75 Å². The molecule has 1 aromatic carbocycles. The molecule has 0 aliphatic heterocycles. The zero-order valence-corrected chi connectivity index (χ0v) is 13.0. The first kappa shape index (κ1) is 14.8. The van der Waals surface area contributed by atoms with Crippen LogP contribution in [0.1, 0.15) is 33.6 Å². The summed E-state index contributed by atoms with van der Waals surface area (Å²) in [5.41, 5.74) is 0.166. The van der Waals surface area contributed by atoms with Crippen LogP contribution in [0.4, 0.5) is 0 Å². The van der Waals surface area contributed by atoms with Gasteiger partial charge in [0, 0.05) is 9.85 Å². The fourth-order valence-corrected chi connectivity index (χ4v) is 1.84. The average molecular weight is 320 g/mol. The van der Waals surface area contributed by atoms with Crippen molar-refractivity contribution >= 4 is 27.5 Å². The standard InChI is InChI=1S/C14H20BrClO/c1-14(2,3)13(16)5-4-10-17-12-8-6-11(15)7-9-12/h6-9,13H,4-5,10H2,1-3H3. The summed E-state index contributed by atoms with van der Waals surface area (Å²) in [4.78, 5) is 0. The quantitative estimate of drug-likeness (QED) is 0.531. The van der Waals surface area contributed by atoms with Gasteiger partial charge in [0.2, 0.25) is 0 Å². The van der Waals surface area contributed by atoms with E-state index in [9.17, 15) is 0 Å². The monoisotopic (exact) mass is 318 g/mol. The zero-order valence-electron chi connectivity index (χ0n) is 10.7. The number of alkyl halides is 1. The molecule has 0 aromatic heterocycles. The second kappa shape index (κ2) is 6.65. The van der Waals surface area contributed by atoms with E-state index in [1.54, 1.807) is 0 Å². The van der Waals surface area contributed by atoms with Crippen LogP contribution in [0.25, 0.3) is 0 Å². The van der Waals surface area contributed by atoms with Gasteiger partial charge in [0.15, 0.2) is 0 Å². The maximum absolute atomic E-state index is 6.30. The van der Waals surface area contributed by atoms with Crippen molar-refractivity contribution in [3.05, 3.63) is 28.7 Å². The van der Waals surface area contributed by atoms with Crippen molar-refractivity contribution in [2.45, 2.75) is 39.0 Å². The molecule has 0 aliphatic carbocycles. The lowest BCUT2D eigenvalue weighted by Crippen LogP contribution is -2.21. The zero-order chi connectivity index (χ0) is 12.9. The van der Waals surface area contributed by atoms with Gasteiger partial charge in [0.25, 0.3) is 0 Å². The van der Waals surface area contributed by atoms with Gasteiger partial charge < -0.3 is 4.74 Å². The molecule has 0 N–H and O–H groups in total. The number of hydrogen-bond acceptors (Lipinski definition) is 1. The Labute approximate surface area is 118 Å². The van der Waals surface area contributed by atoms with E-state index in [1.807, 2.05) is 24.3 Å². The van der Waals surface area contributed by atoms with Crippen molar-refractivity contribution in [1.82, 2.24) is 0 Å². The van der Waals surface area contributed by atoms with Gasteiger partial charge in [-0.05, 0) is 42.5 Å². The van der Waals surface area contributed by atoms with Gasteiger partial charge in [-0.3, -0.25) is 0 Å². The number of rotatable bonds is 5. The van der Waals surface area contributed by atoms with Gasteiger partial charge in [-0.25, -0.2) is 0 Å². The molecule has 0 saturated heterocycles. The summed E-state index contributed by atoms with van der Waals surface area (Å²) in [6.45, 7) is 7.22. The Hall–Kier alpha value is -0.210. The van der Waals surface area contributed by atoms with Crippen molar-refractivity contribution in [2.24, 2.45) is 5.41 Å². The molecule has 0 saturated carbocycles. The first-order valence-corrected chi connectivity index (χ1v) is 7.15. The molecule has 0 radical (unpaired) electrons. The largest absolute Gasteiger partial charge is 0.494 e. The molecule has 0 bridgehead atoms. The lowest BCUT2D eigenvalue weighted by atomic mass is 9.89. The minimum atomic E-state index is 0.166. The lowest BCUT2D eigenvalue weighted by molar-refractivity contribution is 0.288. The summed E-state index contributed by atoms with van der Waals surface area (Å²) in [6, 6.07) is 7.89. The molecular formula is C14H20BrClO. The van der Waals surface area contributed by atoms with E-state index < -0.39 is 0 Å². The third-order valence-electron chi connectivity index (χ3n) is 2.62. The van der Waals surface area contributed by atoms with E-state index in [2.05, 4.69) is 36.7 Å². The smallest absolute Gasteiger partial charge is 0.119 e. The Kier molecular flexibility index (Phi) is 5.81. The van der Waals surface area contributed by atoms with Crippen LogP contribution in [-0.4, -0.2) is 12.0 Å². The van der Waals surface area contributed by atoms with Crippen LogP contribution in [-0.2, 0) is 0 Å². The van der Waals surface area contributed by atoms with Crippen molar-refractivity contribution in [2.75, 3.05) is 6.61 Å². The van der Waals surface area contributed by atoms with Crippen LogP contribution in [0.5, 0.6) is 5.75 Å². The van der Waals surface area contributed by atoms with Gasteiger partial charge in [0.05, 0.1) is 6.61 Å². The van der Waals surface area contributed by atoms with E-state index in [-0.39, 0.29) is 10.8 Å². The molecule has 3 heteroatoms. The molecule has 17 heavy (non-hydrogen) atoms. The first-order chi connectivity index (χ1) is 7.89. The summed E-state index contributed by atoms with van der Waals surface area (Å²) < 4.78 is 6.71. The predicted octanol–water partition coefficient (Wildman–Crippen LogP) is 5.26. The maximum Gasteiger partial charge on any atom is 0.119 e. The normalized spacial score (nSPS) is 13.5. The Balaban J connectivity index is 2.23. The number of benzene rings is 1. The van der Waals surface area contributed by atoms with Gasteiger partial charge in [0.1, 0.15) is 5.75 Å². The Bertz CT molecular complexity index is 329. The molecule has 0 heterocycles. The molecule has 0 spiro atoms. The molecule has 0 fully saturated rings. The van der Waals surface area contributed by atoms with Gasteiger partial charge in [-0.2, -0.15) is 0 Å². The molecule has 1 rings (SSSR count). The highest BCUT2D eigenvalue weighted by Gasteiger charge is 2.21. The molecule has 0 aliphatic rings. The molecule has 0 amide bonds. The van der Waals surface area contributed by atoms with Crippen LogP contribution >= 0.6 is 27.5 Å². The van der Waals surface area contributed by atoms with E-state index >= 15 is 0 Å². The second-order valence-electron chi connectivity index (χ2n) is 5.28. The molecule has 1 aromatic rings. The Morgan fingerprint density at radius 3 is 2.35 bits per heavy atom. The molecular weight excluding hydrogens is 300 g/mol. The SMILES string of the molecule is CC(C)(C)C(Cl)CCCOc1ccc(Br)cc1. The number of hydrogen-bond donors (Lipinski definition) is 0. The second-order valence-corrected chi connectivity index (χ2v) is 6.72. The summed E-state index contributed by atoms with van der Waals surface area (Å²) >= 11 is 9.69. The summed E-state index contributed by atoms with van der Waals surface area (Å²) in [5.74, 6) is 0.912. The number of ether oxygens (including phenoxy) is 1. The van der Waals surface area contributed by atoms with Crippen LogP contribution in [0.3, 0.4) is 0 Å². The fraction of sp³-hybridized carbons (Fsp3) is 0.571. The predicted molar refractivity (Wildman–Crippen MR) is 78.0 cm³/mol. The third-order valence-corrected chi connectivity index (χ3v) is 4.03. The van der Waals surface area contributed by atoms with E-state index in [4.69, 9.17) is 16.3 Å². The fourth-order valence-electron chi connectivity index (χ4n) is 1.42. The minimum absolute atomic E-state index is 0.166. The van der Waals surface area contributed by atoms with Crippen LogP contribution in [0.2, 0.25) is 0 Å². The van der Waals surface area contributed by atoms with Gasteiger partial charge in [-0.15, -0.1) is 11.6 Å². The summed E-state index contributed by atoms with van der Waals surface area (Å²) in [6.07, 6.45) is 1.98. The molecule has 1 nitrogen and oxygen atoms in total. The van der Waals surface area contributed by atoms with Crippen molar-refractivity contribution < 1.29 is 4.74 Å². The molecule has 1 atom stereocenters. The first-order valence-electron chi connectivity index (χ1n) is 5.92. The highest BCUT2D eigenvalue weighted by molar-refractivity contribution is 9.10. The highest BCUT2D eigenvalue weighted by Crippen LogP contribution is 2.28. The van der Waals surface area contributed by atoms with Crippen molar-refractivity contribution in [3.63, 3.8) is 0 Å². The maximum atomic E-state index is 6.30. The van der Waals surface area contributed by atoms with E-state index in [0.29, 0.717) is 0 Å². The van der Waals surface area contributed by atoms with Crippen LogP contribution in [0, 0.1) is 5.41 Å². The van der Waals surface area contributed by atoms with E-state index in [0.717, 1.165) is 29.7 Å². The summed E-state index contributed by atoms with van der Waals surface area (Å²) in [7, 11) is 0. The molecule has 96 valence electrons. The third kappa shape index (κ3) is 5.78. The Morgan fingerprint density at radius 1 is 1.24 bits per heavy atom. The molecule has 1 unspecified atom stereocenters. The van der Waals surface area contributed by atoms with Crippen LogP contribution < -0.4 is 4.74 Å². The topological polar surface area (TPSA) is 9.23 Å². The van der Waals surface area contributed by atoms with Crippen molar-refractivity contribution in [1.29, 1.82) is 0 Å². The lowest BCUT2D eigenvalue weighted by Gasteiger charge is -2.24. The minimum Gasteiger partial charge on any atom is -0.494 e. The van der Waals surface area contributed by atoms with E-state index in [1.165, 1.54) is 0 Å². The average Bonchev–Trinajstić information content (AvgIpc) is 2.25. The highest BCUT2D eigenvalue weighted by atomic mass is 79.9. The Morgan fingerprint density at radius 2 is 1.82 bits per heavy atom. The van der Waals surface area contributed by atoms with Gasteiger partial charge in [-0.1, -0.05) is 36.7 Å². The number of halogens is 2. The van der Waals surface area contributed by atoms with Gasteiger partial charge >= 0.3 is 0 Å². The summed E-state index contributed by atoms with van der Waals surface area (Å²) in [5, 5.41) is 0.205.